The Bertz CT molecular complexity index is 991. The number of fused-ring (bicyclic) bond motifs is 2. The molecule has 0 bridgehead atoms. The minimum atomic E-state index is -0.109. The topological polar surface area (TPSA) is 64.1 Å². The van der Waals surface area contributed by atoms with Crippen LogP contribution in [0.15, 0.2) is 36.4 Å². The Morgan fingerprint density at radius 1 is 1.14 bits per heavy atom. The predicted octanol–water partition coefficient (Wildman–Crippen LogP) is 3.28. The molecule has 0 N–H and O–H groups in total. The van der Waals surface area contributed by atoms with Crippen LogP contribution in [0, 0.1) is 0 Å². The lowest BCUT2D eigenvalue weighted by atomic mass is 10.2. The molecule has 0 radical (unpaired) electrons. The lowest BCUT2D eigenvalue weighted by Crippen LogP contribution is -2.36. The minimum Gasteiger partial charge on any atom is -0.497 e. The van der Waals surface area contributed by atoms with Gasteiger partial charge in [-0.1, -0.05) is 17.4 Å². The second kappa shape index (κ2) is 8.26. The number of likely N-dealkylation sites (N-methyl/N-ethyl adjacent to an activating group) is 1. The Hall–Kier alpha value is -2.84. The zero-order valence-electron chi connectivity index (χ0n) is 16.7. The number of rotatable bonds is 6. The summed E-state index contributed by atoms with van der Waals surface area (Å²) in [5, 5.41) is 0.650. The predicted molar refractivity (Wildman–Crippen MR) is 114 cm³/mol. The van der Waals surface area contributed by atoms with Gasteiger partial charge in [-0.25, -0.2) is 4.98 Å². The van der Waals surface area contributed by atoms with Gasteiger partial charge in [-0.15, -0.1) is 0 Å². The van der Waals surface area contributed by atoms with E-state index in [0.29, 0.717) is 48.5 Å². The highest BCUT2D eigenvalue weighted by molar-refractivity contribution is 7.22. The van der Waals surface area contributed by atoms with Crippen molar-refractivity contribution in [2.75, 3.05) is 52.4 Å². The second-order valence-electron chi connectivity index (χ2n) is 6.95. The fourth-order valence-corrected chi connectivity index (χ4v) is 4.06. The maximum atomic E-state index is 13.3. The van der Waals surface area contributed by atoms with Gasteiger partial charge in [-0.2, -0.15) is 0 Å². The quantitative estimate of drug-likeness (QED) is 0.618. The van der Waals surface area contributed by atoms with Gasteiger partial charge in [0.05, 0.1) is 17.3 Å². The Kier molecular flexibility index (Phi) is 5.55. The number of aromatic nitrogens is 1. The molecule has 1 amide bonds. The fourth-order valence-electron chi connectivity index (χ4n) is 3.06. The molecule has 152 valence electrons. The molecule has 0 spiro atoms. The van der Waals surface area contributed by atoms with Gasteiger partial charge in [0.1, 0.15) is 19.0 Å². The smallest absolute Gasteiger partial charge is 0.260 e. The Morgan fingerprint density at radius 2 is 1.90 bits per heavy atom. The van der Waals surface area contributed by atoms with Gasteiger partial charge in [0, 0.05) is 30.8 Å². The number of hydrogen-bond acceptors (Lipinski definition) is 7. The zero-order chi connectivity index (χ0) is 20.4. The van der Waals surface area contributed by atoms with E-state index in [4.69, 9.17) is 19.2 Å². The molecule has 0 saturated carbocycles. The van der Waals surface area contributed by atoms with Crippen LogP contribution >= 0.6 is 11.3 Å². The summed E-state index contributed by atoms with van der Waals surface area (Å²) in [6, 6.07) is 11.0. The number of carbonyl (C=O) groups is 1. The highest BCUT2D eigenvalue weighted by atomic mass is 32.1. The first kappa shape index (κ1) is 19.5. The summed E-state index contributed by atoms with van der Waals surface area (Å²) >= 11 is 1.47. The first-order valence-corrected chi connectivity index (χ1v) is 10.2. The molecule has 0 fully saturated rings. The van der Waals surface area contributed by atoms with E-state index in [9.17, 15) is 4.79 Å². The molecule has 0 aliphatic carbocycles. The number of carbonyl (C=O) groups excluding carboxylic acids is 1. The van der Waals surface area contributed by atoms with E-state index in [2.05, 4.69) is 0 Å². The average molecular weight is 413 g/mol. The number of benzene rings is 2. The summed E-state index contributed by atoms with van der Waals surface area (Å²) in [7, 11) is 5.55. The second-order valence-corrected chi connectivity index (χ2v) is 7.96. The van der Waals surface area contributed by atoms with E-state index in [-0.39, 0.29) is 5.91 Å². The molecule has 1 aliphatic heterocycles. The van der Waals surface area contributed by atoms with Crippen LogP contribution in [0.25, 0.3) is 10.2 Å². The molecular formula is C21H23N3O4S. The van der Waals surface area contributed by atoms with Gasteiger partial charge in [-0.05, 0) is 32.3 Å². The lowest BCUT2D eigenvalue weighted by molar-refractivity contribution is 0.0985. The van der Waals surface area contributed by atoms with Crippen LogP contribution in [0.5, 0.6) is 17.2 Å². The number of hydrogen-bond donors (Lipinski definition) is 0. The lowest BCUT2D eigenvalue weighted by Gasteiger charge is -2.22. The Balaban J connectivity index is 1.71. The number of methoxy groups -OCH3 is 1. The van der Waals surface area contributed by atoms with E-state index < -0.39 is 0 Å². The van der Waals surface area contributed by atoms with Crippen LogP contribution in [-0.2, 0) is 0 Å². The normalized spacial score (nSPS) is 13.0. The van der Waals surface area contributed by atoms with Crippen molar-refractivity contribution in [3.05, 3.63) is 42.0 Å². The van der Waals surface area contributed by atoms with Crippen molar-refractivity contribution in [2.24, 2.45) is 0 Å². The molecule has 3 aromatic rings. The number of nitrogens with zero attached hydrogens (tertiary/aromatic N) is 3. The summed E-state index contributed by atoms with van der Waals surface area (Å²) in [4.78, 5) is 21.8. The van der Waals surface area contributed by atoms with Gasteiger partial charge in [0.2, 0.25) is 0 Å². The third-order valence-electron chi connectivity index (χ3n) is 4.60. The van der Waals surface area contributed by atoms with Gasteiger partial charge in [0.25, 0.3) is 5.91 Å². The van der Waals surface area contributed by atoms with Crippen LogP contribution in [0.4, 0.5) is 5.13 Å². The van der Waals surface area contributed by atoms with Crippen molar-refractivity contribution in [3.63, 3.8) is 0 Å². The first-order chi connectivity index (χ1) is 14.0. The molecule has 1 aromatic heterocycles. The summed E-state index contributed by atoms with van der Waals surface area (Å²) in [5.41, 5.74) is 1.36. The number of anilines is 1. The van der Waals surface area contributed by atoms with E-state index in [1.165, 1.54) is 11.3 Å². The van der Waals surface area contributed by atoms with E-state index in [1.807, 2.05) is 43.3 Å². The number of thiazole rings is 1. The SMILES string of the molecule is COc1cccc(C(=O)N(CCN(C)C)c2nc3cc4c(cc3s2)OCCO4)c1. The molecule has 0 atom stereocenters. The fraction of sp³-hybridized carbons (Fsp3) is 0.333. The van der Waals surface area contributed by atoms with Crippen LogP contribution in [-0.4, -0.2) is 63.3 Å². The Morgan fingerprint density at radius 3 is 2.62 bits per heavy atom. The van der Waals surface area contributed by atoms with E-state index in [1.54, 1.807) is 24.1 Å². The van der Waals surface area contributed by atoms with Crippen molar-refractivity contribution in [2.45, 2.75) is 0 Å². The molecule has 8 heteroatoms. The van der Waals surface area contributed by atoms with Gasteiger partial charge in [0.15, 0.2) is 16.6 Å². The van der Waals surface area contributed by atoms with Crippen LogP contribution in [0.1, 0.15) is 10.4 Å². The molecule has 7 nitrogen and oxygen atoms in total. The molecule has 2 aromatic carbocycles. The van der Waals surface area contributed by atoms with Gasteiger partial charge >= 0.3 is 0 Å². The Labute approximate surface area is 173 Å². The molecule has 4 rings (SSSR count). The molecular weight excluding hydrogens is 390 g/mol. The monoisotopic (exact) mass is 413 g/mol. The average Bonchev–Trinajstić information content (AvgIpc) is 3.14. The summed E-state index contributed by atoms with van der Waals surface area (Å²) in [6.07, 6.45) is 0. The minimum absolute atomic E-state index is 0.109. The summed E-state index contributed by atoms with van der Waals surface area (Å²) < 4.78 is 17.6. The van der Waals surface area contributed by atoms with Gasteiger partial charge in [-0.3, -0.25) is 9.69 Å². The highest BCUT2D eigenvalue weighted by Gasteiger charge is 2.23. The van der Waals surface area contributed by atoms with Crippen molar-refractivity contribution < 1.29 is 19.0 Å². The largest absolute Gasteiger partial charge is 0.497 e. The third-order valence-corrected chi connectivity index (χ3v) is 5.65. The molecule has 0 saturated heterocycles. The van der Waals surface area contributed by atoms with Crippen LogP contribution in [0.3, 0.4) is 0 Å². The summed E-state index contributed by atoms with van der Waals surface area (Å²) in [6.45, 7) is 2.30. The van der Waals surface area contributed by atoms with E-state index >= 15 is 0 Å². The molecule has 29 heavy (non-hydrogen) atoms. The van der Waals surface area contributed by atoms with Crippen LogP contribution in [0.2, 0.25) is 0 Å². The van der Waals surface area contributed by atoms with E-state index in [0.717, 1.165) is 16.0 Å². The maximum absolute atomic E-state index is 13.3. The van der Waals surface area contributed by atoms with Crippen molar-refractivity contribution >= 4 is 32.6 Å². The molecule has 1 aliphatic rings. The van der Waals surface area contributed by atoms with Gasteiger partial charge < -0.3 is 19.1 Å². The van der Waals surface area contributed by atoms with Crippen molar-refractivity contribution in [3.8, 4) is 17.2 Å². The molecule has 0 unspecified atom stereocenters. The van der Waals surface area contributed by atoms with Crippen molar-refractivity contribution in [1.29, 1.82) is 0 Å². The third kappa shape index (κ3) is 4.13. The zero-order valence-corrected chi connectivity index (χ0v) is 17.5. The van der Waals surface area contributed by atoms with Crippen molar-refractivity contribution in [1.82, 2.24) is 9.88 Å². The maximum Gasteiger partial charge on any atom is 0.260 e. The summed E-state index contributed by atoms with van der Waals surface area (Å²) in [5.74, 6) is 1.95. The highest BCUT2D eigenvalue weighted by Crippen LogP contribution is 2.39. The first-order valence-electron chi connectivity index (χ1n) is 9.36. The standard InChI is InChI=1S/C21H23N3O4S/c1-23(2)7-8-24(20(25)14-5-4-6-15(11-14)26-3)21-22-16-12-17-18(13-19(16)29-21)28-10-9-27-17/h4-6,11-13H,7-10H2,1-3H3. The molecule has 2 heterocycles. The number of ether oxygens (including phenoxy) is 3. The number of amides is 1. The van der Waals surface area contributed by atoms with Crippen LogP contribution < -0.4 is 19.1 Å².